The molecular formula is C10H15NO2. The second-order valence-electron chi connectivity index (χ2n) is 3.84. The molecule has 0 radical (unpaired) electrons. The molecular weight excluding hydrogens is 166 g/mol. The number of carboxylic acid groups (broad SMARTS) is 1. The van der Waals surface area contributed by atoms with Gasteiger partial charge in [0.15, 0.2) is 0 Å². The molecule has 3 nitrogen and oxygen atoms in total. The minimum absolute atomic E-state index is 0.0824. The fraction of sp³-hybridized carbons (Fsp3) is 0.800. The first kappa shape index (κ1) is 10.0. The average Bonchev–Trinajstić information content (AvgIpc) is 2.17. The number of rotatable bonds is 2. The molecule has 0 aromatic rings. The lowest BCUT2D eigenvalue weighted by Crippen LogP contribution is -2.34. The van der Waals surface area contributed by atoms with Crippen molar-refractivity contribution in [2.24, 2.45) is 11.3 Å². The number of nitriles is 1. The van der Waals surface area contributed by atoms with E-state index in [1.807, 2.05) is 6.92 Å². The summed E-state index contributed by atoms with van der Waals surface area (Å²) in [6, 6.07) is 2.21. The lowest BCUT2D eigenvalue weighted by atomic mass is 9.69. The van der Waals surface area contributed by atoms with Gasteiger partial charge in [-0.15, -0.1) is 0 Å². The van der Waals surface area contributed by atoms with Gasteiger partial charge in [0.2, 0.25) is 0 Å². The Morgan fingerprint density at radius 2 is 2.15 bits per heavy atom. The SMILES string of the molecule is CCC1(C(=O)O)CCC(C#N)CC1. The van der Waals surface area contributed by atoms with Gasteiger partial charge in [-0.05, 0) is 32.1 Å². The van der Waals surface area contributed by atoms with E-state index in [9.17, 15) is 4.79 Å². The van der Waals surface area contributed by atoms with Crippen molar-refractivity contribution in [1.29, 1.82) is 5.26 Å². The Balaban J connectivity index is 2.64. The predicted octanol–water partition coefficient (Wildman–Crippen LogP) is 2.18. The van der Waals surface area contributed by atoms with Crippen LogP contribution < -0.4 is 0 Å². The Morgan fingerprint density at radius 3 is 2.46 bits per heavy atom. The fourth-order valence-corrected chi connectivity index (χ4v) is 2.02. The van der Waals surface area contributed by atoms with Gasteiger partial charge >= 0.3 is 5.97 Å². The van der Waals surface area contributed by atoms with Crippen LogP contribution in [0.15, 0.2) is 0 Å². The normalized spacial score (nSPS) is 33.7. The van der Waals surface area contributed by atoms with Crippen LogP contribution in [-0.4, -0.2) is 11.1 Å². The van der Waals surface area contributed by atoms with Crippen LogP contribution in [0.2, 0.25) is 0 Å². The Morgan fingerprint density at radius 1 is 1.62 bits per heavy atom. The van der Waals surface area contributed by atoms with E-state index in [1.54, 1.807) is 0 Å². The maximum atomic E-state index is 11.0. The molecule has 72 valence electrons. The number of aliphatic carboxylic acids is 1. The Labute approximate surface area is 78.4 Å². The first-order valence-corrected chi connectivity index (χ1v) is 4.77. The molecule has 0 amide bonds. The topological polar surface area (TPSA) is 61.1 Å². The van der Waals surface area contributed by atoms with E-state index in [-0.39, 0.29) is 5.92 Å². The van der Waals surface area contributed by atoms with Gasteiger partial charge in [-0.2, -0.15) is 5.26 Å². The Hall–Kier alpha value is -1.04. The highest BCUT2D eigenvalue weighted by Gasteiger charge is 2.40. The van der Waals surface area contributed by atoms with Crippen LogP contribution >= 0.6 is 0 Å². The number of nitrogens with zero attached hydrogens (tertiary/aromatic N) is 1. The first-order valence-electron chi connectivity index (χ1n) is 4.77. The lowest BCUT2D eigenvalue weighted by Gasteiger charge is -2.33. The summed E-state index contributed by atoms with van der Waals surface area (Å²) in [7, 11) is 0. The van der Waals surface area contributed by atoms with Gasteiger partial charge in [0.1, 0.15) is 0 Å². The highest BCUT2D eigenvalue weighted by molar-refractivity contribution is 5.74. The zero-order valence-electron chi connectivity index (χ0n) is 7.92. The number of hydrogen-bond donors (Lipinski definition) is 1. The van der Waals surface area contributed by atoms with Crippen molar-refractivity contribution in [3.05, 3.63) is 0 Å². The smallest absolute Gasteiger partial charge is 0.309 e. The van der Waals surface area contributed by atoms with E-state index >= 15 is 0 Å². The van der Waals surface area contributed by atoms with E-state index in [0.29, 0.717) is 19.3 Å². The second kappa shape index (κ2) is 3.78. The van der Waals surface area contributed by atoms with Crippen LogP contribution in [0.4, 0.5) is 0 Å². The van der Waals surface area contributed by atoms with Gasteiger partial charge in [-0.3, -0.25) is 4.79 Å². The Bertz CT molecular complexity index is 234. The summed E-state index contributed by atoms with van der Waals surface area (Å²) in [6.45, 7) is 1.92. The van der Waals surface area contributed by atoms with E-state index in [1.165, 1.54) is 0 Å². The zero-order valence-corrected chi connectivity index (χ0v) is 7.92. The molecule has 0 aromatic carbocycles. The van der Waals surface area contributed by atoms with Crippen molar-refractivity contribution in [2.45, 2.75) is 39.0 Å². The maximum Gasteiger partial charge on any atom is 0.309 e. The molecule has 3 heteroatoms. The highest BCUT2D eigenvalue weighted by atomic mass is 16.4. The average molecular weight is 181 g/mol. The van der Waals surface area contributed by atoms with Crippen LogP contribution in [0.1, 0.15) is 39.0 Å². The number of carboxylic acids is 1. The molecule has 0 bridgehead atoms. The molecule has 1 N–H and O–H groups in total. The molecule has 0 heterocycles. The molecule has 0 aromatic heterocycles. The van der Waals surface area contributed by atoms with Crippen molar-refractivity contribution in [3.63, 3.8) is 0 Å². The molecule has 1 rings (SSSR count). The summed E-state index contributed by atoms with van der Waals surface area (Å²) in [6.07, 6.45) is 3.50. The Kier molecular flexibility index (Phi) is 2.92. The number of hydrogen-bond acceptors (Lipinski definition) is 2. The first-order chi connectivity index (χ1) is 6.14. The third-order valence-corrected chi connectivity index (χ3v) is 3.26. The van der Waals surface area contributed by atoms with Gasteiger partial charge in [0.25, 0.3) is 0 Å². The molecule has 0 spiro atoms. The molecule has 1 fully saturated rings. The van der Waals surface area contributed by atoms with Gasteiger partial charge in [-0.25, -0.2) is 0 Å². The minimum Gasteiger partial charge on any atom is -0.481 e. The summed E-state index contributed by atoms with van der Waals surface area (Å²) < 4.78 is 0. The molecule has 1 aliphatic rings. The third-order valence-electron chi connectivity index (χ3n) is 3.26. The highest BCUT2D eigenvalue weighted by Crippen LogP contribution is 2.41. The van der Waals surface area contributed by atoms with Crippen molar-refractivity contribution in [2.75, 3.05) is 0 Å². The van der Waals surface area contributed by atoms with Gasteiger partial charge < -0.3 is 5.11 Å². The molecule has 0 aliphatic heterocycles. The summed E-state index contributed by atoms with van der Waals surface area (Å²) in [5.74, 6) is -0.606. The van der Waals surface area contributed by atoms with Crippen LogP contribution in [-0.2, 0) is 4.79 Å². The van der Waals surface area contributed by atoms with E-state index in [4.69, 9.17) is 10.4 Å². The van der Waals surface area contributed by atoms with Gasteiger partial charge in [0, 0.05) is 5.92 Å². The van der Waals surface area contributed by atoms with Crippen LogP contribution in [0, 0.1) is 22.7 Å². The van der Waals surface area contributed by atoms with E-state index < -0.39 is 11.4 Å². The van der Waals surface area contributed by atoms with Crippen LogP contribution in [0.5, 0.6) is 0 Å². The quantitative estimate of drug-likeness (QED) is 0.710. The van der Waals surface area contributed by atoms with Crippen molar-refractivity contribution in [3.8, 4) is 6.07 Å². The maximum absolute atomic E-state index is 11.0. The van der Waals surface area contributed by atoms with Crippen molar-refractivity contribution < 1.29 is 9.90 Å². The van der Waals surface area contributed by atoms with Crippen molar-refractivity contribution >= 4 is 5.97 Å². The predicted molar refractivity (Wildman–Crippen MR) is 47.9 cm³/mol. The molecule has 0 saturated heterocycles. The molecule has 0 atom stereocenters. The third kappa shape index (κ3) is 1.82. The summed E-state index contributed by atoms with van der Waals surface area (Å²) >= 11 is 0. The summed E-state index contributed by atoms with van der Waals surface area (Å²) in [4.78, 5) is 11.0. The molecule has 13 heavy (non-hydrogen) atoms. The molecule has 1 aliphatic carbocycles. The zero-order chi connectivity index (χ0) is 9.90. The molecule has 0 unspecified atom stereocenters. The molecule has 1 saturated carbocycles. The monoisotopic (exact) mass is 181 g/mol. The van der Waals surface area contributed by atoms with Gasteiger partial charge in [0.05, 0.1) is 11.5 Å². The van der Waals surface area contributed by atoms with E-state index in [2.05, 4.69) is 6.07 Å². The summed E-state index contributed by atoms with van der Waals surface area (Å²) in [5, 5.41) is 17.7. The van der Waals surface area contributed by atoms with Crippen LogP contribution in [0.3, 0.4) is 0 Å². The second-order valence-corrected chi connectivity index (χ2v) is 3.84. The fourth-order valence-electron chi connectivity index (χ4n) is 2.02. The summed E-state index contributed by atoms with van der Waals surface area (Å²) in [5.41, 5.74) is -0.534. The minimum atomic E-state index is -0.689. The standard InChI is InChI=1S/C10H15NO2/c1-2-10(9(12)13)5-3-8(7-11)4-6-10/h8H,2-6H2,1H3,(H,12,13). The lowest BCUT2D eigenvalue weighted by molar-refractivity contribution is -0.151. The largest absolute Gasteiger partial charge is 0.481 e. The van der Waals surface area contributed by atoms with Crippen molar-refractivity contribution in [1.82, 2.24) is 0 Å². The number of carbonyl (C=O) groups is 1. The van der Waals surface area contributed by atoms with Gasteiger partial charge in [-0.1, -0.05) is 6.92 Å². The van der Waals surface area contributed by atoms with E-state index in [0.717, 1.165) is 12.8 Å². The van der Waals surface area contributed by atoms with Crippen LogP contribution in [0.25, 0.3) is 0 Å².